The number of ether oxygens (including phenoxy) is 1. The van der Waals surface area contributed by atoms with Gasteiger partial charge in [-0.25, -0.2) is 9.59 Å². The summed E-state index contributed by atoms with van der Waals surface area (Å²) >= 11 is 1.74. The van der Waals surface area contributed by atoms with Crippen molar-refractivity contribution in [1.29, 1.82) is 0 Å². The number of hydrogen-bond acceptors (Lipinski definition) is 5. The lowest BCUT2D eigenvalue weighted by Gasteiger charge is -2.27. The molecule has 1 rings (SSSR count). The number of carboxylic acid groups (broad SMARTS) is 1. The van der Waals surface area contributed by atoms with Crippen molar-refractivity contribution in [2.45, 2.75) is 12.5 Å². The van der Waals surface area contributed by atoms with Gasteiger partial charge in [-0.1, -0.05) is 0 Å². The number of amides is 2. The minimum atomic E-state index is -1.25. The molecular weight excluding hydrogens is 260 g/mol. The van der Waals surface area contributed by atoms with Crippen LogP contribution >= 0.6 is 11.8 Å². The van der Waals surface area contributed by atoms with Crippen molar-refractivity contribution < 1.29 is 24.2 Å². The monoisotopic (exact) mass is 276 g/mol. The highest BCUT2D eigenvalue weighted by molar-refractivity contribution is 7.99. The van der Waals surface area contributed by atoms with Crippen molar-refractivity contribution in [2.24, 2.45) is 0 Å². The number of rotatable bonds is 4. The van der Waals surface area contributed by atoms with E-state index >= 15 is 0 Å². The molecule has 8 heteroatoms. The predicted molar refractivity (Wildman–Crippen MR) is 65.5 cm³/mol. The molecule has 0 unspecified atom stereocenters. The van der Waals surface area contributed by atoms with Crippen LogP contribution < -0.4 is 5.32 Å². The summed E-state index contributed by atoms with van der Waals surface area (Å²) in [6, 6.07) is -1.70. The zero-order chi connectivity index (χ0) is 13.5. The fourth-order valence-corrected chi connectivity index (χ4v) is 2.36. The highest BCUT2D eigenvalue weighted by Crippen LogP contribution is 2.09. The van der Waals surface area contributed by atoms with E-state index in [-0.39, 0.29) is 6.42 Å². The number of thioether (sulfide) groups is 1. The van der Waals surface area contributed by atoms with Crippen LogP contribution in [0.5, 0.6) is 0 Å². The first-order valence-electron chi connectivity index (χ1n) is 5.47. The third-order valence-corrected chi connectivity index (χ3v) is 3.44. The van der Waals surface area contributed by atoms with Gasteiger partial charge in [0.25, 0.3) is 0 Å². The van der Waals surface area contributed by atoms with Gasteiger partial charge in [-0.15, -0.1) is 0 Å². The van der Waals surface area contributed by atoms with E-state index in [1.54, 1.807) is 16.7 Å². The van der Waals surface area contributed by atoms with E-state index in [0.29, 0.717) is 13.1 Å². The largest absolute Gasteiger partial charge is 0.480 e. The summed E-state index contributed by atoms with van der Waals surface area (Å²) in [5.41, 5.74) is 0. The summed E-state index contributed by atoms with van der Waals surface area (Å²) < 4.78 is 4.39. The Bertz CT molecular complexity index is 330. The summed E-state index contributed by atoms with van der Waals surface area (Å²) in [7, 11) is 1.17. The van der Waals surface area contributed by atoms with E-state index < -0.39 is 24.0 Å². The Morgan fingerprint density at radius 1 is 1.39 bits per heavy atom. The Kier molecular flexibility index (Phi) is 5.76. The van der Waals surface area contributed by atoms with Gasteiger partial charge < -0.3 is 20.1 Å². The van der Waals surface area contributed by atoms with Crippen molar-refractivity contribution in [3.05, 3.63) is 0 Å². The van der Waals surface area contributed by atoms with Gasteiger partial charge in [0.15, 0.2) is 0 Å². The van der Waals surface area contributed by atoms with Crippen molar-refractivity contribution in [3.8, 4) is 0 Å². The standard InChI is InChI=1S/C10H16N2O5S/c1-17-8(13)6-7(9(14)15)11-10(16)12-2-4-18-5-3-12/h7H,2-6H2,1H3,(H,11,16)(H,14,15)/t7-/m0/s1. The molecular formula is C10H16N2O5S. The Morgan fingerprint density at radius 2 is 2.00 bits per heavy atom. The summed E-state index contributed by atoms with van der Waals surface area (Å²) in [6.45, 7) is 1.17. The van der Waals surface area contributed by atoms with Gasteiger partial charge in [-0.2, -0.15) is 11.8 Å². The number of carboxylic acids is 1. The number of nitrogens with one attached hydrogen (secondary N) is 1. The van der Waals surface area contributed by atoms with Gasteiger partial charge in [0.1, 0.15) is 6.04 Å². The molecule has 102 valence electrons. The van der Waals surface area contributed by atoms with Gasteiger partial charge in [-0.3, -0.25) is 4.79 Å². The molecule has 0 aliphatic carbocycles. The smallest absolute Gasteiger partial charge is 0.326 e. The first-order chi connectivity index (χ1) is 8.54. The molecule has 0 radical (unpaired) electrons. The van der Waals surface area contributed by atoms with Crippen molar-refractivity contribution in [3.63, 3.8) is 0 Å². The van der Waals surface area contributed by atoms with E-state index in [1.165, 1.54) is 7.11 Å². The lowest BCUT2D eigenvalue weighted by atomic mass is 10.2. The maximum absolute atomic E-state index is 11.8. The van der Waals surface area contributed by atoms with Crippen LogP contribution in [0.1, 0.15) is 6.42 Å². The topological polar surface area (TPSA) is 95.9 Å². The molecule has 0 saturated carbocycles. The second-order valence-corrected chi connectivity index (χ2v) is 4.94. The van der Waals surface area contributed by atoms with Crippen LogP contribution in [0, 0.1) is 0 Å². The fourth-order valence-electron chi connectivity index (χ4n) is 1.46. The molecule has 1 heterocycles. The van der Waals surface area contributed by atoms with E-state index in [1.807, 2.05) is 0 Å². The minimum Gasteiger partial charge on any atom is -0.480 e. The molecule has 2 N–H and O–H groups in total. The Labute approximate surface area is 109 Å². The van der Waals surface area contributed by atoms with E-state index in [4.69, 9.17) is 5.11 Å². The van der Waals surface area contributed by atoms with E-state index in [2.05, 4.69) is 10.1 Å². The Hall–Kier alpha value is -1.44. The lowest BCUT2D eigenvalue weighted by Crippen LogP contribution is -2.50. The van der Waals surface area contributed by atoms with Crippen LogP contribution in [0.25, 0.3) is 0 Å². The molecule has 1 aliphatic heterocycles. The first-order valence-corrected chi connectivity index (χ1v) is 6.63. The normalized spacial score (nSPS) is 16.8. The quantitative estimate of drug-likeness (QED) is 0.688. The van der Waals surface area contributed by atoms with Gasteiger partial charge in [-0.05, 0) is 0 Å². The SMILES string of the molecule is COC(=O)C[C@H](NC(=O)N1CCSCC1)C(=O)O. The van der Waals surface area contributed by atoms with Crippen LogP contribution in [0.3, 0.4) is 0 Å². The number of carbonyl (C=O) groups is 3. The van der Waals surface area contributed by atoms with Gasteiger partial charge >= 0.3 is 18.0 Å². The second-order valence-electron chi connectivity index (χ2n) is 3.72. The minimum absolute atomic E-state index is 0.375. The molecule has 1 saturated heterocycles. The molecule has 1 atom stereocenters. The third kappa shape index (κ3) is 4.44. The molecule has 7 nitrogen and oxygen atoms in total. The highest BCUT2D eigenvalue weighted by Gasteiger charge is 2.26. The number of esters is 1. The van der Waals surface area contributed by atoms with Crippen molar-refractivity contribution in [1.82, 2.24) is 10.2 Å². The molecule has 0 spiro atoms. The van der Waals surface area contributed by atoms with Crippen LogP contribution in [0.15, 0.2) is 0 Å². The van der Waals surface area contributed by atoms with Gasteiger partial charge in [0.2, 0.25) is 0 Å². The number of aliphatic carboxylic acids is 1. The number of nitrogens with zero attached hydrogens (tertiary/aromatic N) is 1. The molecule has 0 aromatic carbocycles. The van der Waals surface area contributed by atoms with E-state index in [9.17, 15) is 14.4 Å². The predicted octanol–water partition coefficient (Wildman–Crippen LogP) is -0.239. The summed E-state index contributed by atoms with van der Waals surface area (Å²) in [4.78, 5) is 35.3. The maximum atomic E-state index is 11.8. The lowest BCUT2D eigenvalue weighted by molar-refractivity contribution is -0.147. The van der Waals surface area contributed by atoms with Crippen LogP contribution in [0.4, 0.5) is 4.79 Å². The van der Waals surface area contributed by atoms with Crippen LogP contribution in [-0.2, 0) is 14.3 Å². The average Bonchev–Trinajstić information content (AvgIpc) is 2.38. The molecule has 18 heavy (non-hydrogen) atoms. The molecule has 1 fully saturated rings. The number of methoxy groups -OCH3 is 1. The van der Waals surface area contributed by atoms with Crippen molar-refractivity contribution >= 4 is 29.7 Å². The molecule has 0 aromatic rings. The second kappa shape index (κ2) is 7.10. The average molecular weight is 276 g/mol. The zero-order valence-corrected chi connectivity index (χ0v) is 10.9. The van der Waals surface area contributed by atoms with Crippen molar-refractivity contribution in [2.75, 3.05) is 31.7 Å². The molecule has 1 aliphatic rings. The van der Waals surface area contributed by atoms with Crippen LogP contribution in [0.2, 0.25) is 0 Å². The first kappa shape index (κ1) is 14.6. The third-order valence-electron chi connectivity index (χ3n) is 2.49. The number of carbonyl (C=O) groups excluding carboxylic acids is 2. The van der Waals surface area contributed by atoms with Gasteiger partial charge in [0.05, 0.1) is 13.5 Å². The summed E-state index contributed by atoms with van der Waals surface area (Å²) in [5, 5.41) is 11.2. The molecule has 0 bridgehead atoms. The zero-order valence-electron chi connectivity index (χ0n) is 10.0. The van der Waals surface area contributed by atoms with Crippen LogP contribution in [-0.4, -0.2) is 65.7 Å². The summed E-state index contributed by atoms with van der Waals surface area (Å²) in [5.74, 6) is -0.248. The molecule has 2 amide bonds. The Morgan fingerprint density at radius 3 is 2.50 bits per heavy atom. The summed E-state index contributed by atoms with van der Waals surface area (Å²) in [6.07, 6.45) is -0.375. The highest BCUT2D eigenvalue weighted by atomic mass is 32.2. The molecule has 0 aromatic heterocycles. The number of hydrogen-bond donors (Lipinski definition) is 2. The Balaban J connectivity index is 2.51. The maximum Gasteiger partial charge on any atom is 0.326 e. The number of urea groups is 1. The van der Waals surface area contributed by atoms with E-state index in [0.717, 1.165) is 11.5 Å². The fraction of sp³-hybridized carbons (Fsp3) is 0.700. The van der Waals surface area contributed by atoms with Gasteiger partial charge in [0, 0.05) is 24.6 Å².